The highest BCUT2D eigenvalue weighted by atomic mass is 32.1. The van der Waals surface area contributed by atoms with Gasteiger partial charge in [0.15, 0.2) is 0 Å². The topological polar surface area (TPSA) is 35.6 Å². The van der Waals surface area contributed by atoms with E-state index in [4.69, 9.17) is 0 Å². The molecule has 21 heavy (non-hydrogen) atoms. The van der Waals surface area contributed by atoms with Crippen LogP contribution < -0.4 is 5.32 Å². The Kier molecular flexibility index (Phi) is 4.08. The molecule has 1 aliphatic heterocycles. The highest BCUT2D eigenvalue weighted by Gasteiger charge is 2.59. The van der Waals surface area contributed by atoms with Crippen LogP contribution in [0, 0.1) is 6.92 Å². The molecule has 1 aliphatic carbocycles. The van der Waals surface area contributed by atoms with Gasteiger partial charge in [-0.1, -0.05) is 13.8 Å². The van der Waals surface area contributed by atoms with E-state index in [2.05, 4.69) is 48.0 Å². The second kappa shape index (κ2) is 5.71. The maximum atomic E-state index is 12.7. The Morgan fingerprint density at radius 3 is 2.62 bits per heavy atom. The van der Waals surface area contributed by atoms with E-state index in [-0.39, 0.29) is 11.7 Å². The van der Waals surface area contributed by atoms with Crippen molar-refractivity contribution in [1.29, 1.82) is 0 Å². The summed E-state index contributed by atoms with van der Waals surface area (Å²) in [6.07, 6.45) is 2.07. The normalized spacial score (nSPS) is 23.5. The van der Waals surface area contributed by atoms with Crippen molar-refractivity contribution >= 4 is 17.2 Å². The molecule has 0 bridgehead atoms. The lowest BCUT2D eigenvalue weighted by molar-refractivity contribution is -0.131. The summed E-state index contributed by atoms with van der Waals surface area (Å²) in [7, 11) is 0. The summed E-state index contributed by atoms with van der Waals surface area (Å²) >= 11 is 1.80. The summed E-state index contributed by atoms with van der Waals surface area (Å²) in [6, 6.07) is 4.31. The van der Waals surface area contributed by atoms with Gasteiger partial charge in [-0.25, -0.2) is 0 Å². The monoisotopic (exact) mass is 307 g/mol. The summed E-state index contributed by atoms with van der Waals surface area (Å²) in [5.41, 5.74) is -0.230. The first-order valence-corrected chi connectivity index (χ1v) is 8.78. The molecular formula is C16H25N3OS. The van der Waals surface area contributed by atoms with Gasteiger partial charge >= 0.3 is 0 Å². The second-order valence-corrected chi connectivity index (χ2v) is 7.42. The van der Waals surface area contributed by atoms with Crippen LogP contribution in [0.25, 0.3) is 0 Å². The van der Waals surface area contributed by atoms with Gasteiger partial charge in [0, 0.05) is 22.8 Å². The van der Waals surface area contributed by atoms with Crippen molar-refractivity contribution in [2.24, 2.45) is 0 Å². The van der Waals surface area contributed by atoms with Crippen LogP contribution in [0.1, 0.15) is 42.6 Å². The Hall–Kier alpha value is -0.910. The van der Waals surface area contributed by atoms with Crippen molar-refractivity contribution in [3.8, 4) is 0 Å². The van der Waals surface area contributed by atoms with E-state index >= 15 is 0 Å². The van der Waals surface area contributed by atoms with Crippen molar-refractivity contribution in [1.82, 2.24) is 15.1 Å². The number of hydrogen-bond donors (Lipinski definition) is 1. The molecule has 0 aromatic carbocycles. The van der Waals surface area contributed by atoms with E-state index in [1.807, 2.05) is 0 Å². The predicted molar refractivity (Wildman–Crippen MR) is 86.4 cm³/mol. The zero-order valence-corrected chi connectivity index (χ0v) is 14.0. The molecule has 1 unspecified atom stereocenters. The van der Waals surface area contributed by atoms with Gasteiger partial charge in [0.1, 0.15) is 11.7 Å². The number of nitrogens with zero attached hydrogens (tertiary/aromatic N) is 2. The molecule has 4 nitrogen and oxygen atoms in total. The molecular weight excluding hydrogens is 282 g/mol. The summed E-state index contributed by atoms with van der Waals surface area (Å²) in [5.74, 6) is 0.311. The van der Waals surface area contributed by atoms with Gasteiger partial charge in [0.05, 0.1) is 0 Å². The Morgan fingerprint density at radius 2 is 2.10 bits per heavy atom. The number of carbonyl (C=O) groups is 1. The molecule has 1 atom stereocenters. The van der Waals surface area contributed by atoms with E-state index in [9.17, 15) is 4.79 Å². The molecule has 1 N–H and O–H groups in total. The van der Waals surface area contributed by atoms with Gasteiger partial charge in [0.25, 0.3) is 0 Å². The van der Waals surface area contributed by atoms with Gasteiger partial charge in [-0.15, -0.1) is 11.3 Å². The van der Waals surface area contributed by atoms with Crippen LogP contribution in [0.4, 0.5) is 0 Å². The molecule has 1 saturated carbocycles. The minimum absolute atomic E-state index is 0.0780. The van der Waals surface area contributed by atoms with E-state index in [0.29, 0.717) is 5.91 Å². The number of aryl methyl sites for hydroxylation is 1. The third-order valence-corrected chi connectivity index (χ3v) is 5.78. The summed E-state index contributed by atoms with van der Waals surface area (Å²) in [4.78, 5) is 19.7. The van der Waals surface area contributed by atoms with Gasteiger partial charge in [-0.3, -0.25) is 10.1 Å². The molecule has 2 heterocycles. The maximum Gasteiger partial charge on any atom is 0.244 e. The smallest absolute Gasteiger partial charge is 0.244 e. The Morgan fingerprint density at radius 1 is 1.38 bits per heavy atom. The van der Waals surface area contributed by atoms with Crippen molar-refractivity contribution in [2.75, 3.05) is 26.2 Å². The zero-order valence-electron chi connectivity index (χ0n) is 13.2. The van der Waals surface area contributed by atoms with E-state index in [1.54, 1.807) is 11.3 Å². The summed E-state index contributed by atoms with van der Waals surface area (Å²) in [5, 5.41) is 3.60. The highest BCUT2D eigenvalue weighted by Crippen LogP contribution is 2.46. The van der Waals surface area contributed by atoms with Gasteiger partial charge in [0.2, 0.25) is 5.91 Å². The summed E-state index contributed by atoms with van der Waals surface area (Å²) < 4.78 is 0. The van der Waals surface area contributed by atoms with Gasteiger partial charge in [-0.2, -0.15) is 0 Å². The van der Waals surface area contributed by atoms with Crippen LogP contribution >= 0.6 is 11.3 Å². The van der Waals surface area contributed by atoms with E-state index in [0.717, 1.165) is 39.0 Å². The van der Waals surface area contributed by atoms with Crippen LogP contribution in [0.2, 0.25) is 0 Å². The highest BCUT2D eigenvalue weighted by molar-refractivity contribution is 7.12. The second-order valence-electron chi connectivity index (χ2n) is 6.10. The number of rotatable bonds is 6. The number of thiophene rings is 1. The van der Waals surface area contributed by atoms with Crippen molar-refractivity contribution in [3.63, 3.8) is 0 Å². The molecule has 1 saturated heterocycles. The quantitative estimate of drug-likeness (QED) is 0.876. The molecule has 5 heteroatoms. The third-order valence-electron chi connectivity index (χ3n) is 4.73. The fourth-order valence-electron chi connectivity index (χ4n) is 3.12. The molecule has 1 amide bonds. The van der Waals surface area contributed by atoms with Crippen molar-refractivity contribution in [3.05, 3.63) is 21.9 Å². The summed E-state index contributed by atoms with van der Waals surface area (Å²) in [6.45, 7) is 10.3. The Balaban J connectivity index is 1.75. The van der Waals surface area contributed by atoms with Crippen LogP contribution in [-0.4, -0.2) is 47.4 Å². The first-order chi connectivity index (χ1) is 10.1. The lowest BCUT2D eigenvalue weighted by Gasteiger charge is -2.27. The van der Waals surface area contributed by atoms with Crippen LogP contribution in [0.15, 0.2) is 12.1 Å². The maximum absolute atomic E-state index is 12.7. The van der Waals surface area contributed by atoms with Crippen LogP contribution in [0.5, 0.6) is 0 Å². The first-order valence-electron chi connectivity index (χ1n) is 7.97. The third kappa shape index (κ3) is 2.74. The van der Waals surface area contributed by atoms with Crippen LogP contribution in [0.3, 0.4) is 0 Å². The fraction of sp³-hybridized carbons (Fsp3) is 0.688. The van der Waals surface area contributed by atoms with Crippen molar-refractivity contribution < 1.29 is 4.79 Å². The Labute approximate surface area is 131 Å². The lowest BCUT2D eigenvalue weighted by atomic mass is 10.3. The molecule has 3 rings (SSSR count). The number of carbonyl (C=O) groups excluding carboxylic acids is 1. The molecule has 116 valence electrons. The largest absolute Gasteiger partial charge is 0.319 e. The molecule has 1 aromatic heterocycles. The predicted octanol–water partition coefficient (Wildman–Crippen LogP) is 2.36. The van der Waals surface area contributed by atoms with Gasteiger partial charge < -0.3 is 9.80 Å². The number of hydrogen-bond acceptors (Lipinski definition) is 4. The number of amides is 1. The molecule has 2 aliphatic rings. The van der Waals surface area contributed by atoms with E-state index < -0.39 is 0 Å². The molecule has 1 spiro atoms. The minimum atomic E-state index is -0.230. The lowest BCUT2D eigenvalue weighted by Crippen LogP contribution is -2.38. The number of nitrogens with one attached hydrogen (secondary N) is 1. The average Bonchev–Trinajstić information content (AvgIpc) is 3.06. The first kappa shape index (κ1) is 15.0. The standard InChI is InChI=1S/C16H25N3OS/c1-4-18(5-2)10-11-19-14(13-7-6-12(3)21-13)17-16(8-9-16)15(19)20/h6-7,14,17H,4-5,8-11H2,1-3H3. The zero-order chi connectivity index (χ0) is 15.0. The van der Waals surface area contributed by atoms with E-state index in [1.165, 1.54) is 9.75 Å². The van der Waals surface area contributed by atoms with Crippen molar-refractivity contribution in [2.45, 2.75) is 45.3 Å². The fourth-order valence-corrected chi connectivity index (χ4v) is 4.06. The number of likely N-dealkylation sites (N-methyl/N-ethyl adjacent to an activating group) is 1. The SMILES string of the molecule is CCN(CC)CCN1C(=O)C2(CC2)NC1c1ccc(C)s1. The minimum Gasteiger partial charge on any atom is -0.319 e. The molecule has 0 radical (unpaired) electrons. The molecule has 2 fully saturated rings. The van der Waals surface area contributed by atoms with Gasteiger partial charge in [-0.05, 0) is 45.0 Å². The molecule has 1 aromatic rings. The van der Waals surface area contributed by atoms with Crippen LogP contribution in [-0.2, 0) is 4.79 Å². The Bertz CT molecular complexity index is 519. The average molecular weight is 307 g/mol.